The lowest BCUT2D eigenvalue weighted by Crippen LogP contribution is -2.04. The van der Waals surface area contributed by atoms with E-state index in [1.54, 1.807) is 6.92 Å². The summed E-state index contributed by atoms with van der Waals surface area (Å²) in [6.45, 7) is 1.59. The molecule has 0 amide bonds. The monoisotopic (exact) mass is 292 g/mol. The van der Waals surface area contributed by atoms with E-state index in [2.05, 4.69) is 15.9 Å². The van der Waals surface area contributed by atoms with Gasteiger partial charge in [-0.05, 0) is 21.8 Å². The van der Waals surface area contributed by atoms with Gasteiger partial charge in [-0.3, -0.25) is 0 Å². The Hall–Kier alpha value is -0.970. The molecule has 0 N–H and O–H groups in total. The van der Waals surface area contributed by atoms with Crippen LogP contribution in [0.15, 0.2) is 10.5 Å². The molecule has 0 spiro atoms. The first-order valence-electron chi connectivity index (χ1n) is 4.67. The molecule has 0 aliphatic rings. The molecular formula is C11H11BrF2O2. The van der Waals surface area contributed by atoms with E-state index in [1.807, 2.05) is 0 Å². The molecule has 2 nitrogen and oxygen atoms in total. The van der Waals surface area contributed by atoms with Gasteiger partial charge in [-0.1, -0.05) is 6.92 Å². The minimum absolute atomic E-state index is 0.0733. The summed E-state index contributed by atoms with van der Waals surface area (Å²) in [6, 6.07) is 1.10. The van der Waals surface area contributed by atoms with Gasteiger partial charge < -0.3 is 9.53 Å². The predicted octanol–water partition coefficient (Wildman–Crippen LogP) is 3.43. The van der Waals surface area contributed by atoms with Crippen LogP contribution >= 0.6 is 15.9 Å². The molecule has 1 atom stereocenters. The quantitative estimate of drug-likeness (QED) is 0.628. The van der Waals surface area contributed by atoms with Crippen molar-refractivity contribution in [3.8, 4) is 5.75 Å². The van der Waals surface area contributed by atoms with E-state index in [9.17, 15) is 13.6 Å². The van der Waals surface area contributed by atoms with Crippen LogP contribution in [-0.4, -0.2) is 13.4 Å². The lowest BCUT2D eigenvalue weighted by Gasteiger charge is -2.14. The number of hydrogen-bond acceptors (Lipinski definition) is 2. The van der Waals surface area contributed by atoms with E-state index in [0.717, 1.165) is 6.07 Å². The van der Waals surface area contributed by atoms with Crippen LogP contribution in [0.5, 0.6) is 5.75 Å². The van der Waals surface area contributed by atoms with E-state index in [-0.39, 0.29) is 22.2 Å². The van der Waals surface area contributed by atoms with Crippen molar-refractivity contribution < 1.29 is 18.3 Å². The summed E-state index contributed by atoms with van der Waals surface area (Å²) in [6.07, 6.45) is 0.717. The molecule has 88 valence electrons. The summed E-state index contributed by atoms with van der Waals surface area (Å²) in [5.41, 5.74) is -0.0974. The largest absolute Gasteiger partial charge is 0.495 e. The number of rotatable bonds is 4. The third kappa shape index (κ3) is 2.40. The summed E-state index contributed by atoms with van der Waals surface area (Å²) in [5.74, 6) is -1.82. The predicted molar refractivity (Wildman–Crippen MR) is 59.7 cm³/mol. The summed E-state index contributed by atoms with van der Waals surface area (Å²) in [7, 11) is 1.33. The third-order valence-electron chi connectivity index (χ3n) is 2.32. The van der Waals surface area contributed by atoms with Crippen LogP contribution in [0, 0.1) is 11.6 Å². The van der Waals surface area contributed by atoms with Crippen molar-refractivity contribution in [1.82, 2.24) is 0 Å². The van der Waals surface area contributed by atoms with Crippen LogP contribution in [0.2, 0.25) is 0 Å². The maximum atomic E-state index is 13.8. The zero-order valence-electron chi connectivity index (χ0n) is 8.89. The van der Waals surface area contributed by atoms with E-state index < -0.39 is 17.6 Å². The SMILES string of the molecule is COc1cc(F)c(C(C)CC=O)c(F)c1Br. The molecule has 1 rings (SSSR count). The highest BCUT2D eigenvalue weighted by molar-refractivity contribution is 9.10. The van der Waals surface area contributed by atoms with Crippen molar-refractivity contribution in [3.05, 3.63) is 27.7 Å². The number of carbonyl (C=O) groups is 1. The molecule has 16 heavy (non-hydrogen) atoms. The van der Waals surface area contributed by atoms with Crippen LogP contribution in [0.4, 0.5) is 8.78 Å². The second-order valence-corrected chi connectivity index (χ2v) is 4.20. The van der Waals surface area contributed by atoms with Crippen LogP contribution in [0.1, 0.15) is 24.8 Å². The lowest BCUT2D eigenvalue weighted by atomic mass is 9.97. The van der Waals surface area contributed by atoms with E-state index in [0.29, 0.717) is 6.29 Å². The van der Waals surface area contributed by atoms with Crippen molar-refractivity contribution in [1.29, 1.82) is 0 Å². The molecule has 0 saturated heterocycles. The Kier molecular flexibility index (Phi) is 4.41. The zero-order valence-corrected chi connectivity index (χ0v) is 10.5. The number of halogens is 3. The number of carbonyl (C=O) groups excluding carboxylic acids is 1. The van der Waals surface area contributed by atoms with Gasteiger partial charge in [0.1, 0.15) is 23.7 Å². The molecule has 0 saturated carbocycles. The van der Waals surface area contributed by atoms with Gasteiger partial charge in [-0.2, -0.15) is 0 Å². The van der Waals surface area contributed by atoms with Crippen LogP contribution in [-0.2, 0) is 4.79 Å². The van der Waals surface area contributed by atoms with Crippen molar-refractivity contribution in [2.45, 2.75) is 19.3 Å². The average molecular weight is 293 g/mol. The standard InChI is InChI=1S/C11H11BrF2O2/c1-6(3-4-15)9-7(13)5-8(16-2)10(12)11(9)14/h4-6H,3H2,1-2H3. The van der Waals surface area contributed by atoms with Gasteiger partial charge in [0.15, 0.2) is 0 Å². The molecule has 0 aliphatic carbocycles. The minimum Gasteiger partial charge on any atom is -0.495 e. The number of ether oxygens (including phenoxy) is 1. The van der Waals surface area contributed by atoms with Crippen LogP contribution in [0.3, 0.4) is 0 Å². The Morgan fingerprint density at radius 2 is 2.19 bits per heavy atom. The molecule has 0 fully saturated rings. The first-order chi connectivity index (χ1) is 7.52. The molecule has 0 bridgehead atoms. The van der Waals surface area contributed by atoms with Crippen molar-refractivity contribution >= 4 is 22.2 Å². The third-order valence-corrected chi connectivity index (χ3v) is 3.06. The van der Waals surface area contributed by atoms with Gasteiger partial charge in [0, 0.05) is 18.1 Å². The molecule has 1 aromatic carbocycles. The van der Waals surface area contributed by atoms with Gasteiger partial charge in [-0.25, -0.2) is 8.78 Å². The Bertz CT molecular complexity index is 407. The zero-order chi connectivity index (χ0) is 12.3. The fraction of sp³-hybridized carbons (Fsp3) is 0.364. The van der Waals surface area contributed by atoms with Gasteiger partial charge in [0.05, 0.1) is 11.6 Å². The maximum absolute atomic E-state index is 13.8. The Morgan fingerprint density at radius 1 is 1.56 bits per heavy atom. The van der Waals surface area contributed by atoms with Crippen molar-refractivity contribution in [3.63, 3.8) is 0 Å². The first-order valence-corrected chi connectivity index (χ1v) is 5.47. The summed E-state index contributed by atoms with van der Waals surface area (Å²) < 4.78 is 32.3. The summed E-state index contributed by atoms with van der Waals surface area (Å²) in [5, 5.41) is 0. The van der Waals surface area contributed by atoms with Crippen LogP contribution < -0.4 is 4.74 Å². The summed E-state index contributed by atoms with van der Waals surface area (Å²) in [4.78, 5) is 10.3. The Balaban J connectivity index is 3.29. The average Bonchev–Trinajstić information content (AvgIpc) is 2.24. The van der Waals surface area contributed by atoms with E-state index in [1.165, 1.54) is 7.11 Å². The number of hydrogen-bond donors (Lipinski definition) is 0. The minimum atomic E-state index is -0.716. The molecule has 0 radical (unpaired) electrons. The van der Waals surface area contributed by atoms with Crippen LogP contribution in [0.25, 0.3) is 0 Å². The molecular weight excluding hydrogens is 282 g/mol. The highest BCUT2D eigenvalue weighted by Crippen LogP contribution is 2.35. The van der Waals surface area contributed by atoms with Gasteiger partial charge in [0.25, 0.3) is 0 Å². The normalized spacial score (nSPS) is 12.3. The molecule has 1 aromatic rings. The molecule has 0 aromatic heterocycles. The summed E-state index contributed by atoms with van der Waals surface area (Å²) >= 11 is 2.99. The van der Waals surface area contributed by atoms with Gasteiger partial charge in [-0.15, -0.1) is 0 Å². The molecule has 0 heterocycles. The number of aldehydes is 1. The first kappa shape index (κ1) is 13.1. The van der Waals surface area contributed by atoms with E-state index >= 15 is 0 Å². The van der Waals surface area contributed by atoms with Gasteiger partial charge in [0.2, 0.25) is 0 Å². The fourth-order valence-corrected chi connectivity index (χ4v) is 1.94. The van der Waals surface area contributed by atoms with Crippen molar-refractivity contribution in [2.75, 3.05) is 7.11 Å². The van der Waals surface area contributed by atoms with Crippen molar-refractivity contribution in [2.24, 2.45) is 0 Å². The molecule has 0 aliphatic heterocycles. The lowest BCUT2D eigenvalue weighted by molar-refractivity contribution is -0.108. The second kappa shape index (κ2) is 5.39. The fourth-order valence-electron chi connectivity index (χ4n) is 1.45. The smallest absolute Gasteiger partial charge is 0.147 e. The number of benzene rings is 1. The Labute approximate surface area is 101 Å². The Morgan fingerprint density at radius 3 is 2.69 bits per heavy atom. The highest BCUT2D eigenvalue weighted by Gasteiger charge is 2.21. The second-order valence-electron chi connectivity index (χ2n) is 3.41. The highest BCUT2D eigenvalue weighted by atomic mass is 79.9. The molecule has 1 unspecified atom stereocenters. The number of methoxy groups -OCH3 is 1. The molecule has 5 heteroatoms. The maximum Gasteiger partial charge on any atom is 0.147 e. The topological polar surface area (TPSA) is 26.3 Å². The van der Waals surface area contributed by atoms with Gasteiger partial charge >= 0.3 is 0 Å². The van der Waals surface area contributed by atoms with E-state index in [4.69, 9.17) is 4.74 Å².